The molecule has 0 saturated carbocycles. The second kappa shape index (κ2) is 10.6. The Balaban J connectivity index is 0.000000240. The molecule has 180 valence electrons. The molecule has 0 N–H and O–H groups in total. The molecule has 0 amide bonds. The summed E-state index contributed by atoms with van der Waals surface area (Å²) in [5, 5.41) is 8.84. The first-order chi connectivity index (χ1) is 15.7. The number of aromatic nitrogens is 4. The smallest absolute Gasteiger partial charge is 0.236 e. The minimum absolute atomic E-state index is 0.0914. The van der Waals surface area contributed by atoms with Gasteiger partial charge in [-0.2, -0.15) is 31.6 Å². The number of nitriles is 1. The van der Waals surface area contributed by atoms with Crippen LogP contribution in [0.15, 0.2) is 42.7 Å². The van der Waals surface area contributed by atoms with Crippen molar-refractivity contribution in [3.63, 3.8) is 0 Å². The summed E-state index contributed by atoms with van der Waals surface area (Å²) in [7, 11) is 0. The summed E-state index contributed by atoms with van der Waals surface area (Å²) in [6.45, 7) is 7.04. The fourth-order valence-corrected chi connectivity index (χ4v) is 2.53. The van der Waals surface area contributed by atoms with Crippen molar-refractivity contribution in [1.82, 2.24) is 19.9 Å². The zero-order chi connectivity index (χ0) is 25.7. The van der Waals surface area contributed by atoms with Crippen molar-refractivity contribution in [3.05, 3.63) is 71.1 Å². The van der Waals surface area contributed by atoms with Crippen LogP contribution >= 0.6 is 0 Å². The molecule has 2 aromatic heterocycles. The third-order valence-corrected chi connectivity index (χ3v) is 4.43. The number of rotatable bonds is 3. The van der Waals surface area contributed by atoms with Crippen LogP contribution in [0.25, 0.3) is 11.4 Å². The maximum Gasteiger partial charge on any atom is 0.433 e. The number of alkyl halides is 6. The lowest BCUT2D eigenvalue weighted by Gasteiger charge is -2.13. The zero-order valence-electron chi connectivity index (χ0n) is 18.7. The van der Waals surface area contributed by atoms with Crippen molar-refractivity contribution in [3.8, 4) is 17.5 Å². The molecule has 0 radical (unpaired) electrons. The van der Waals surface area contributed by atoms with Crippen LogP contribution in [-0.4, -0.2) is 19.9 Å². The first-order valence-electron chi connectivity index (χ1n) is 10.1. The second-order valence-corrected chi connectivity index (χ2v) is 7.83. The highest BCUT2D eigenvalue weighted by molar-refractivity contribution is 5.57. The van der Waals surface area contributed by atoms with Gasteiger partial charge in [-0.05, 0) is 29.7 Å². The molecule has 0 aliphatic carbocycles. The number of benzene rings is 1. The number of nitrogens with zero attached hydrogens (tertiary/aromatic N) is 5. The standard InChI is InChI=1S/C14H13N3.C9H8F6N2/c1-10(2)13-8-16-14(17-9-13)12-5-3-4-11(6-12)7-15;1-4(2)7-16-5(8(10,11)12)3-6(17-7)9(13,14)15/h3-6,8-10H,1-2H3;3-4H,1-2H3. The van der Waals surface area contributed by atoms with Gasteiger partial charge in [-0.25, -0.2) is 19.9 Å². The molecule has 0 atom stereocenters. The molecule has 0 aliphatic heterocycles. The molecular formula is C23H21F6N5. The van der Waals surface area contributed by atoms with E-state index in [1.807, 2.05) is 24.5 Å². The fraction of sp³-hybridized carbons (Fsp3) is 0.348. The Morgan fingerprint density at radius 3 is 1.74 bits per heavy atom. The largest absolute Gasteiger partial charge is 0.433 e. The zero-order valence-corrected chi connectivity index (χ0v) is 18.7. The Bertz CT molecular complexity index is 1110. The van der Waals surface area contributed by atoms with Gasteiger partial charge >= 0.3 is 12.4 Å². The summed E-state index contributed by atoms with van der Waals surface area (Å²) in [5.41, 5.74) is -0.546. The normalized spacial score (nSPS) is 11.7. The van der Waals surface area contributed by atoms with Crippen molar-refractivity contribution in [2.24, 2.45) is 0 Å². The summed E-state index contributed by atoms with van der Waals surface area (Å²) < 4.78 is 74.1. The Morgan fingerprint density at radius 1 is 0.794 bits per heavy atom. The van der Waals surface area contributed by atoms with Gasteiger partial charge in [0.05, 0.1) is 11.6 Å². The topological polar surface area (TPSA) is 75.3 Å². The molecule has 0 unspecified atom stereocenters. The van der Waals surface area contributed by atoms with Crippen molar-refractivity contribution < 1.29 is 26.3 Å². The van der Waals surface area contributed by atoms with Gasteiger partial charge in [0, 0.05) is 23.9 Å². The molecule has 11 heteroatoms. The lowest BCUT2D eigenvalue weighted by atomic mass is 10.1. The molecule has 0 fully saturated rings. The van der Waals surface area contributed by atoms with E-state index in [0.717, 1.165) is 11.1 Å². The molecule has 0 spiro atoms. The highest BCUT2D eigenvalue weighted by Crippen LogP contribution is 2.34. The van der Waals surface area contributed by atoms with E-state index in [1.165, 1.54) is 13.8 Å². The molecule has 0 aliphatic rings. The van der Waals surface area contributed by atoms with E-state index in [1.54, 1.807) is 12.1 Å². The van der Waals surface area contributed by atoms with Gasteiger partial charge in [0.15, 0.2) is 5.82 Å². The average Bonchev–Trinajstić information content (AvgIpc) is 2.78. The second-order valence-electron chi connectivity index (χ2n) is 7.83. The maximum absolute atomic E-state index is 12.3. The van der Waals surface area contributed by atoms with Crippen LogP contribution in [0.1, 0.15) is 67.9 Å². The molecule has 5 nitrogen and oxygen atoms in total. The van der Waals surface area contributed by atoms with Crippen molar-refractivity contribution in [1.29, 1.82) is 5.26 Å². The first kappa shape index (κ1) is 26.7. The molecule has 34 heavy (non-hydrogen) atoms. The van der Waals surface area contributed by atoms with Gasteiger partial charge < -0.3 is 0 Å². The summed E-state index contributed by atoms with van der Waals surface area (Å²) in [4.78, 5) is 14.8. The Labute approximate surface area is 192 Å². The van der Waals surface area contributed by atoms with Crippen LogP contribution in [-0.2, 0) is 12.4 Å². The van der Waals surface area contributed by atoms with E-state index in [9.17, 15) is 26.3 Å². The maximum atomic E-state index is 12.3. The van der Waals surface area contributed by atoms with E-state index >= 15 is 0 Å². The van der Waals surface area contributed by atoms with E-state index in [4.69, 9.17) is 5.26 Å². The molecule has 2 heterocycles. The molecule has 0 saturated heterocycles. The molecule has 1 aromatic carbocycles. The lowest BCUT2D eigenvalue weighted by molar-refractivity contribution is -0.148. The molecule has 3 rings (SSSR count). The van der Waals surface area contributed by atoms with Crippen LogP contribution in [0.3, 0.4) is 0 Å². The number of hydrogen-bond acceptors (Lipinski definition) is 5. The molecule has 3 aromatic rings. The van der Waals surface area contributed by atoms with Crippen LogP contribution in [0.5, 0.6) is 0 Å². The highest BCUT2D eigenvalue weighted by atomic mass is 19.4. The molecule has 0 bridgehead atoms. The van der Waals surface area contributed by atoms with Gasteiger partial charge in [0.25, 0.3) is 0 Å². The summed E-state index contributed by atoms with van der Waals surface area (Å²) >= 11 is 0. The predicted molar refractivity (Wildman–Crippen MR) is 112 cm³/mol. The van der Waals surface area contributed by atoms with E-state index in [2.05, 4.69) is 39.9 Å². The van der Waals surface area contributed by atoms with Gasteiger partial charge in [-0.3, -0.25) is 0 Å². The van der Waals surface area contributed by atoms with Crippen molar-refractivity contribution in [2.75, 3.05) is 0 Å². The summed E-state index contributed by atoms with van der Waals surface area (Å²) in [5.74, 6) is -0.0217. The minimum atomic E-state index is -4.92. The Kier molecular flexibility index (Phi) is 8.31. The summed E-state index contributed by atoms with van der Waals surface area (Å²) in [6, 6.07) is 9.33. The van der Waals surface area contributed by atoms with Gasteiger partial charge in [-0.1, -0.05) is 39.8 Å². The van der Waals surface area contributed by atoms with Crippen molar-refractivity contribution >= 4 is 0 Å². The van der Waals surface area contributed by atoms with Crippen LogP contribution in [0.2, 0.25) is 0 Å². The average molecular weight is 481 g/mol. The quantitative estimate of drug-likeness (QED) is 0.386. The third-order valence-electron chi connectivity index (χ3n) is 4.43. The summed E-state index contributed by atoms with van der Waals surface area (Å²) in [6.07, 6.45) is -6.17. The van der Waals surface area contributed by atoms with Crippen LogP contribution in [0, 0.1) is 11.3 Å². The monoisotopic (exact) mass is 481 g/mol. The molecular weight excluding hydrogens is 460 g/mol. The Hall–Kier alpha value is -3.55. The lowest BCUT2D eigenvalue weighted by Crippen LogP contribution is -2.17. The SMILES string of the molecule is CC(C)c1cnc(-c2cccc(C#N)c2)nc1.CC(C)c1nc(C(F)(F)F)cc(C(F)(F)F)n1. The number of hydrogen-bond donors (Lipinski definition) is 0. The minimum Gasteiger partial charge on any atom is -0.236 e. The van der Waals surface area contributed by atoms with Crippen molar-refractivity contribution in [2.45, 2.75) is 51.9 Å². The highest BCUT2D eigenvalue weighted by Gasteiger charge is 2.39. The van der Waals surface area contributed by atoms with Gasteiger partial charge in [-0.15, -0.1) is 0 Å². The van der Waals surface area contributed by atoms with E-state index in [0.29, 0.717) is 17.3 Å². The predicted octanol–water partition coefficient (Wildman–Crippen LogP) is 6.78. The van der Waals surface area contributed by atoms with Gasteiger partial charge in [0.2, 0.25) is 0 Å². The van der Waals surface area contributed by atoms with Crippen LogP contribution < -0.4 is 0 Å². The fourth-order valence-electron chi connectivity index (χ4n) is 2.53. The van der Waals surface area contributed by atoms with Gasteiger partial charge in [0.1, 0.15) is 17.2 Å². The van der Waals surface area contributed by atoms with E-state index < -0.39 is 35.5 Å². The first-order valence-corrected chi connectivity index (χ1v) is 10.1. The third kappa shape index (κ3) is 7.23. The number of halogens is 6. The van der Waals surface area contributed by atoms with Crippen LogP contribution in [0.4, 0.5) is 26.3 Å². The van der Waals surface area contributed by atoms with E-state index in [-0.39, 0.29) is 6.07 Å². The Morgan fingerprint density at radius 2 is 1.32 bits per heavy atom.